The number of benzene rings is 1. The highest BCUT2D eigenvalue weighted by Gasteiger charge is 2.32. The van der Waals surface area contributed by atoms with Gasteiger partial charge in [0, 0.05) is 7.05 Å². The minimum atomic E-state index is -0.734. The predicted octanol–water partition coefficient (Wildman–Crippen LogP) is 1.70. The molecular formula is C15H17FN2O3. The van der Waals surface area contributed by atoms with Gasteiger partial charge in [-0.05, 0) is 25.0 Å². The fourth-order valence-electron chi connectivity index (χ4n) is 3.15. The molecule has 2 unspecified atom stereocenters. The fourth-order valence-corrected chi connectivity index (χ4v) is 3.15. The number of amides is 1. The van der Waals surface area contributed by atoms with Crippen LogP contribution >= 0.6 is 0 Å². The van der Waals surface area contributed by atoms with Gasteiger partial charge in [-0.2, -0.15) is 0 Å². The number of hydrogen-bond donors (Lipinski definition) is 2. The second-order valence-electron chi connectivity index (χ2n) is 5.66. The Labute approximate surface area is 121 Å². The maximum Gasteiger partial charge on any atom is 0.296 e. The van der Waals surface area contributed by atoms with E-state index in [1.807, 2.05) is 0 Å². The first kappa shape index (κ1) is 14.0. The molecule has 1 aromatic rings. The van der Waals surface area contributed by atoms with E-state index < -0.39 is 23.6 Å². The lowest BCUT2D eigenvalue weighted by Gasteiger charge is -2.36. The van der Waals surface area contributed by atoms with E-state index in [2.05, 4.69) is 5.32 Å². The lowest BCUT2D eigenvalue weighted by atomic mass is 9.91. The first-order chi connectivity index (χ1) is 9.99. The maximum atomic E-state index is 14.3. The van der Waals surface area contributed by atoms with Crippen molar-refractivity contribution in [2.24, 2.45) is 0 Å². The molecule has 1 aliphatic carbocycles. The number of nitrogens with zero attached hydrogens (tertiary/aromatic N) is 1. The van der Waals surface area contributed by atoms with Crippen LogP contribution in [0.1, 0.15) is 36.0 Å². The number of fused-ring (bicyclic) bond motifs is 1. The highest BCUT2D eigenvalue weighted by atomic mass is 19.1. The van der Waals surface area contributed by atoms with Crippen molar-refractivity contribution >= 4 is 23.1 Å². The van der Waals surface area contributed by atoms with Gasteiger partial charge in [-0.15, -0.1) is 0 Å². The molecule has 112 valence electrons. The summed E-state index contributed by atoms with van der Waals surface area (Å²) in [5, 5.41) is 12.5. The van der Waals surface area contributed by atoms with Gasteiger partial charge in [0.05, 0.1) is 29.1 Å². The number of likely N-dealkylation sites (N-methyl/N-ethyl adjacent to an activating group) is 1. The molecule has 1 saturated carbocycles. The van der Waals surface area contributed by atoms with Crippen LogP contribution in [0.5, 0.6) is 0 Å². The minimum Gasteiger partial charge on any atom is -0.391 e. The van der Waals surface area contributed by atoms with Gasteiger partial charge in [0.1, 0.15) is 5.82 Å². The Morgan fingerprint density at radius 1 is 1.29 bits per heavy atom. The van der Waals surface area contributed by atoms with Crippen LogP contribution in [-0.2, 0) is 4.79 Å². The van der Waals surface area contributed by atoms with Gasteiger partial charge in [0.2, 0.25) is 0 Å². The fraction of sp³-hybridized carbons (Fsp3) is 0.467. The summed E-state index contributed by atoms with van der Waals surface area (Å²) in [6.07, 6.45) is 2.97. The Bertz CT molecular complexity index is 617. The molecule has 5 nitrogen and oxygen atoms in total. The first-order valence-corrected chi connectivity index (χ1v) is 7.09. The summed E-state index contributed by atoms with van der Waals surface area (Å²) in [7, 11) is 1.72. The van der Waals surface area contributed by atoms with Crippen molar-refractivity contribution in [1.29, 1.82) is 0 Å². The lowest BCUT2D eigenvalue weighted by molar-refractivity contribution is -0.112. The van der Waals surface area contributed by atoms with Gasteiger partial charge < -0.3 is 15.3 Å². The van der Waals surface area contributed by atoms with Crippen molar-refractivity contribution in [2.75, 3.05) is 17.3 Å². The van der Waals surface area contributed by atoms with Gasteiger partial charge in [0.15, 0.2) is 0 Å². The summed E-state index contributed by atoms with van der Waals surface area (Å²) in [4.78, 5) is 24.6. The lowest BCUT2D eigenvalue weighted by Crippen LogP contribution is -2.43. The Kier molecular flexibility index (Phi) is 3.41. The van der Waals surface area contributed by atoms with E-state index in [1.165, 1.54) is 6.07 Å². The summed E-state index contributed by atoms with van der Waals surface area (Å²) < 4.78 is 14.3. The maximum absolute atomic E-state index is 14.3. The zero-order valence-corrected chi connectivity index (χ0v) is 11.7. The third-order valence-corrected chi connectivity index (χ3v) is 4.36. The number of nitrogens with one attached hydrogen (secondary N) is 1. The van der Waals surface area contributed by atoms with Crippen molar-refractivity contribution < 1.29 is 19.1 Å². The van der Waals surface area contributed by atoms with E-state index in [-0.39, 0.29) is 17.3 Å². The number of aliphatic hydroxyl groups is 1. The smallest absolute Gasteiger partial charge is 0.296 e. The van der Waals surface area contributed by atoms with Crippen LogP contribution in [0.2, 0.25) is 0 Å². The summed E-state index contributed by atoms with van der Waals surface area (Å²) in [6, 6.07) is 2.41. The predicted molar refractivity (Wildman–Crippen MR) is 76.0 cm³/mol. The molecular weight excluding hydrogens is 275 g/mol. The molecule has 0 radical (unpaired) electrons. The Balaban J connectivity index is 1.94. The van der Waals surface area contributed by atoms with Crippen molar-refractivity contribution in [1.82, 2.24) is 0 Å². The monoisotopic (exact) mass is 292 g/mol. The van der Waals surface area contributed by atoms with Crippen molar-refractivity contribution in [3.63, 3.8) is 0 Å². The molecule has 1 heterocycles. The second-order valence-corrected chi connectivity index (χ2v) is 5.66. The van der Waals surface area contributed by atoms with Crippen LogP contribution in [0, 0.1) is 5.82 Å². The average molecular weight is 292 g/mol. The van der Waals surface area contributed by atoms with E-state index >= 15 is 0 Å². The molecule has 1 fully saturated rings. The van der Waals surface area contributed by atoms with Crippen LogP contribution < -0.4 is 10.2 Å². The average Bonchev–Trinajstić information content (AvgIpc) is 2.73. The molecule has 2 atom stereocenters. The van der Waals surface area contributed by atoms with Crippen LogP contribution in [0.4, 0.5) is 15.8 Å². The Hall–Kier alpha value is -1.95. The largest absolute Gasteiger partial charge is 0.391 e. The van der Waals surface area contributed by atoms with Crippen molar-refractivity contribution in [2.45, 2.75) is 37.8 Å². The Morgan fingerprint density at radius 3 is 2.71 bits per heavy atom. The number of ketones is 1. The molecule has 1 aliphatic heterocycles. The molecule has 21 heavy (non-hydrogen) atoms. The molecule has 0 aromatic heterocycles. The molecule has 0 saturated heterocycles. The van der Waals surface area contributed by atoms with Gasteiger partial charge in [-0.1, -0.05) is 12.8 Å². The minimum absolute atomic E-state index is 0.0684. The summed E-state index contributed by atoms with van der Waals surface area (Å²) in [5.41, 5.74) is 0.687. The van der Waals surface area contributed by atoms with Crippen LogP contribution in [0.3, 0.4) is 0 Å². The van der Waals surface area contributed by atoms with Gasteiger partial charge in [-0.3, -0.25) is 9.59 Å². The van der Waals surface area contributed by atoms with Gasteiger partial charge >= 0.3 is 0 Å². The summed E-state index contributed by atoms with van der Waals surface area (Å²) in [6.45, 7) is 0. The van der Waals surface area contributed by atoms with Crippen molar-refractivity contribution in [3.05, 3.63) is 23.5 Å². The van der Waals surface area contributed by atoms with Crippen LogP contribution in [0.25, 0.3) is 0 Å². The molecule has 0 spiro atoms. The summed E-state index contributed by atoms with van der Waals surface area (Å²) in [5.74, 6) is -2.00. The standard InChI is InChI=1S/C15H17FN2O3/c1-18(11-4-2-3-5-13(11)19)12-7-10-8(6-9(12)16)14(20)15(21)17-10/h6-7,11,13,19H,2-5H2,1H3,(H,17,20,21). The number of aliphatic hydroxyl groups excluding tert-OH is 1. The highest BCUT2D eigenvalue weighted by Crippen LogP contribution is 2.34. The second kappa shape index (κ2) is 5.11. The highest BCUT2D eigenvalue weighted by molar-refractivity contribution is 6.51. The third-order valence-electron chi connectivity index (χ3n) is 4.36. The molecule has 2 N–H and O–H groups in total. The molecule has 1 amide bonds. The number of carbonyl (C=O) groups is 2. The molecule has 1 aromatic carbocycles. The number of hydrogen-bond acceptors (Lipinski definition) is 4. The van der Waals surface area contributed by atoms with Crippen LogP contribution in [-0.4, -0.2) is 36.0 Å². The number of halogens is 1. The zero-order chi connectivity index (χ0) is 15.1. The quantitative estimate of drug-likeness (QED) is 0.814. The van der Waals surface area contributed by atoms with E-state index in [0.717, 1.165) is 25.3 Å². The van der Waals surface area contributed by atoms with E-state index in [4.69, 9.17) is 0 Å². The number of Topliss-reactive ketones (excluding diaryl/α,β-unsaturated/α-hetero) is 1. The molecule has 0 bridgehead atoms. The first-order valence-electron chi connectivity index (χ1n) is 7.09. The summed E-state index contributed by atoms with van der Waals surface area (Å²) >= 11 is 0. The van der Waals surface area contributed by atoms with E-state index in [9.17, 15) is 19.1 Å². The number of anilines is 2. The van der Waals surface area contributed by atoms with Gasteiger partial charge in [-0.25, -0.2) is 4.39 Å². The van der Waals surface area contributed by atoms with Gasteiger partial charge in [0.25, 0.3) is 11.7 Å². The normalized spacial score (nSPS) is 24.7. The SMILES string of the molecule is CN(c1cc2c(cc1F)C(=O)C(=O)N2)C1CCCCC1O. The van der Waals surface area contributed by atoms with Crippen molar-refractivity contribution in [3.8, 4) is 0 Å². The number of carbonyl (C=O) groups excluding carboxylic acids is 2. The molecule has 2 aliphatic rings. The van der Waals surface area contributed by atoms with E-state index in [0.29, 0.717) is 12.1 Å². The van der Waals surface area contributed by atoms with Crippen LogP contribution in [0.15, 0.2) is 12.1 Å². The Morgan fingerprint density at radius 2 is 2.00 bits per heavy atom. The third kappa shape index (κ3) is 2.29. The van der Waals surface area contributed by atoms with E-state index in [1.54, 1.807) is 11.9 Å². The zero-order valence-electron chi connectivity index (χ0n) is 11.7. The topological polar surface area (TPSA) is 69.6 Å². The number of rotatable bonds is 2. The molecule has 3 rings (SSSR count). The molecule has 6 heteroatoms.